The zero-order valence-electron chi connectivity index (χ0n) is 7.55. The number of thiol groups is 1. The molecular weight excluding hydrogens is 158 g/mol. The smallest absolute Gasteiger partial charge is 0.0808 e. The average Bonchev–Trinajstić information content (AvgIpc) is 2.05. The lowest BCUT2D eigenvalue weighted by atomic mass is 10.3. The van der Waals surface area contributed by atoms with Crippen LogP contribution in [0.2, 0.25) is 0 Å². The number of hydrogen-bond acceptors (Lipinski definition) is 1. The van der Waals surface area contributed by atoms with Crippen LogP contribution in [-0.2, 0) is 11.9 Å². The maximum atomic E-state index is 10.5. The first-order valence-electron chi connectivity index (χ1n) is 4.43. The van der Waals surface area contributed by atoms with Crippen LogP contribution < -0.4 is 0 Å². The van der Waals surface area contributed by atoms with Gasteiger partial charge in [0.25, 0.3) is 0 Å². The van der Waals surface area contributed by atoms with Crippen LogP contribution in [0, 0.1) is 0 Å². The molecule has 0 atom stereocenters. The van der Waals surface area contributed by atoms with Gasteiger partial charge in [0.05, 0.1) is 11.9 Å². The molecule has 0 rings (SSSR count). The number of unbranched alkanes of at least 4 members (excludes halogenated alkanes) is 2. The van der Waals surface area contributed by atoms with Crippen LogP contribution in [-0.4, -0.2) is 21.6 Å². The van der Waals surface area contributed by atoms with Gasteiger partial charge in [-0.3, -0.25) is 0 Å². The first-order chi connectivity index (χ1) is 5.35. The molecule has 0 aromatic heterocycles. The van der Waals surface area contributed by atoms with Crippen LogP contribution in [0.1, 0.15) is 39.5 Å². The highest BCUT2D eigenvalue weighted by molar-refractivity contribution is 7.62. The van der Waals surface area contributed by atoms with Gasteiger partial charge in [-0.15, -0.1) is 0 Å². The van der Waals surface area contributed by atoms with Crippen molar-refractivity contribution in [1.29, 1.82) is 0 Å². The summed E-state index contributed by atoms with van der Waals surface area (Å²) < 4.78 is 12.5. The summed E-state index contributed by atoms with van der Waals surface area (Å²) in [6.07, 6.45) is 4.66. The van der Waals surface area contributed by atoms with Crippen molar-refractivity contribution in [1.82, 2.24) is 4.31 Å². The lowest BCUT2D eigenvalue weighted by molar-refractivity contribution is 0.431. The SMILES string of the molecule is CCCCN(CCCC)[SH]=O. The largest absolute Gasteiger partial charge is 0.246 e. The molecule has 0 aromatic carbocycles. The van der Waals surface area contributed by atoms with Gasteiger partial charge in [-0.2, -0.15) is 0 Å². The average molecular weight is 177 g/mol. The molecule has 0 heterocycles. The Balaban J connectivity index is 3.33. The second-order valence-electron chi connectivity index (χ2n) is 2.74. The molecule has 0 amide bonds. The van der Waals surface area contributed by atoms with Crippen LogP contribution in [0.25, 0.3) is 0 Å². The van der Waals surface area contributed by atoms with Gasteiger partial charge in [-0.05, 0) is 12.8 Å². The highest BCUT2D eigenvalue weighted by Gasteiger charge is 1.99. The molecule has 0 aromatic rings. The molecule has 0 saturated heterocycles. The monoisotopic (exact) mass is 177 g/mol. The summed E-state index contributed by atoms with van der Waals surface area (Å²) in [7, 11) is 0. The van der Waals surface area contributed by atoms with E-state index in [2.05, 4.69) is 13.8 Å². The van der Waals surface area contributed by atoms with E-state index < -0.39 is 0 Å². The third kappa shape index (κ3) is 6.51. The van der Waals surface area contributed by atoms with Gasteiger partial charge in [0.15, 0.2) is 0 Å². The van der Waals surface area contributed by atoms with E-state index >= 15 is 0 Å². The van der Waals surface area contributed by atoms with Crippen LogP contribution in [0.3, 0.4) is 0 Å². The van der Waals surface area contributed by atoms with Crippen molar-refractivity contribution in [3.8, 4) is 0 Å². The van der Waals surface area contributed by atoms with Crippen LogP contribution in [0.15, 0.2) is 0 Å². The van der Waals surface area contributed by atoms with Crippen molar-refractivity contribution in [3.05, 3.63) is 0 Å². The Kier molecular flexibility index (Phi) is 8.29. The summed E-state index contributed by atoms with van der Waals surface area (Å²) in [5.74, 6) is 0. The highest BCUT2D eigenvalue weighted by Crippen LogP contribution is 1.96. The van der Waals surface area contributed by atoms with E-state index in [9.17, 15) is 4.21 Å². The van der Waals surface area contributed by atoms with Gasteiger partial charge < -0.3 is 0 Å². The van der Waals surface area contributed by atoms with E-state index in [0.29, 0.717) is 0 Å². The summed E-state index contributed by atoms with van der Waals surface area (Å²) in [4.78, 5) is 0. The molecule has 3 heteroatoms. The molecule has 0 aliphatic rings. The maximum Gasteiger partial charge on any atom is 0.0808 e. The third-order valence-electron chi connectivity index (χ3n) is 1.66. The van der Waals surface area contributed by atoms with Crippen LogP contribution >= 0.6 is 0 Å². The zero-order valence-corrected chi connectivity index (χ0v) is 8.44. The first-order valence-corrected chi connectivity index (χ1v) is 5.19. The van der Waals surface area contributed by atoms with E-state index in [4.69, 9.17) is 0 Å². The Morgan fingerprint density at radius 1 is 1.09 bits per heavy atom. The minimum Gasteiger partial charge on any atom is -0.246 e. The van der Waals surface area contributed by atoms with Crippen molar-refractivity contribution in [3.63, 3.8) is 0 Å². The first kappa shape index (κ1) is 11.1. The predicted octanol–water partition coefficient (Wildman–Crippen LogP) is 1.75. The molecule has 0 N–H and O–H groups in total. The standard InChI is InChI=1S/C8H19NOS/c1-3-5-7-9(11-10)8-6-4-2/h11H,3-8H2,1-2H3. The second kappa shape index (κ2) is 8.21. The minimum atomic E-state index is 0.193. The summed E-state index contributed by atoms with van der Waals surface area (Å²) in [6.45, 7) is 6.25. The molecule has 0 spiro atoms. The highest BCUT2D eigenvalue weighted by atomic mass is 32.2. The van der Waals surface area contributed by atoms with Gasteiger partial charge in [-0.1, -0.05) is 26.7 Å². The van der Waals surface area contributed by atoms with E-state index in [-0.39, 0.29) is 11.9 Å². The van der Waals surface area contributed by atoms with Crippen molar-refractivity contribution in [2.24, 2.45) is 0 Å². The van der Waals surface area contributed by atoms with Crippen LogP contribution in [0.4, 0.5) is 0 Å². The van der Waals surface area contributed by atoms with Gasteiger partial charge in [0.1, 0.15) is 0 Å². The van der Waals surface area contributed by atoms with Gasteiger partial charge in [0, 0.05) is 13.1 Å². The topological polar surface area (TPSA) is 20.3 Å². The zero-order chi connectivity index (χ0) is 8.53. The van der Waals surface area contributed by atoms with E-state index in [0.717, 1.165) is 25.9 Å². The fraction of sp³-hybridized carbons (Fsp3) is 1.00. The Hall–Kier alpha value is 0.110. The third-order valence-corrected chi connectivity index (χ3v) is 2.29. The summed E-state index contributed by atoms with van der Waals surface area (Å²) >= 11 is 0.193. The molecule has 68 valence electrons. The minimum absolute atomic E-state index is 0.193. The summed E-state index contributed by atoms with van der Waals surface area (Å²) in [6, 6.07) is 0. The fourth-order valence-corrected chi connectivity index (χ4v) is 1.32. The molecule has 0 aliphatic heterocycles. The van der Waals surface area contributed by atoms with Crippen LogP contribution in [0.5, 0.6) is 0 Å². The normalized spacial score (nSPS) is 10.8. The van der Waals surface area contributed by atoms with Crippen molar-refractivity contribution in [2.75, 3.05) is 13.1 Å². The Bertz CT molecular complexity index is 90.1. The lowest BCUT2D eigenvalue weighted by Gasteiger charge is -2.12. The Labute approximate surface area is 73.6 Å². The van der Waals surface area contributed by atoms with Crippen molar-refractivity contribution < 1.29 is 4.21 Å². The lowest BCUT2D eigenvalue weighted by Crippen LogP contribution is -2.21. The molecule has 0 unspecified atom stereocenters. The van der Waals surface area contributed by atoms with E-state index in [1.54, 1.807) is 0 Å². The molecule has 0 aliphatic carbocycles. The predicted molar refractivity (Wildman–Crippen MR) is 50.9 cm³/mol. The quantitative estimate of drug-likeness (QED) is 0.587. The molecule has 0 radical (unpaired) electrons. The molecule has 0 saturated carbocycles. The van der Waals surface area contributed by atoms with Gasteiger partial charge in [-0.25, -0.2) is 8.51 Å². The van der Waals surface area contributed by atoms with E-state index in [1.165, 1.54) is 12.8 Å². The summed E-state index contributed by atoms with van der Waals surface area (Å²) in [5.41, 5.74) is 0. The number of nitrogens with zero attached hydrogens (tertiary/aromatic N) is 1. The van der Waals surface area contributed by atoms with Crippen molar-refractivity contribution in [2.45, 2.75) is 39.5 Å². The molecule has 2 nitrogen and oxygen atoms in total. The Morgan fingerprint density at radius 3 is 1.82 bits per heavy atom. The van der Waals surface area contributed by atoms with Crippen molar-refractivity contribution >= 4 is 11.9 Å². The molecule has 11 heavy (non-hydrogen) atoms. The van der Waals surface area contributed by atoms with E-state index in [1.807, 2.05) is 4.31 Å². The molecule has 0 fully saturated rings. The Morgan fingerprint density at radius 2 is 1.55 bits per heavy atom. The van der Waals surface area contributed by atoms with Gasteiger partial charge in [0.2, 0.25) is 0 Å². The fourth-order valence-electron chi connectivity index (χ4n) is 0.875. The maximum absolute atomic E-state index is 10.5. The van der Waals surface area contributed by atoms with Gasteiger partial charge >= 0.3 is 0 Å². The summed E-state index contributed by atoms with van der Waals surface area (Å²) in [5, 5.41) is 0. The number of hydrogen-bond donors (Lipinski definition) is 1. The molecule has 0 bridgehead atoms. The number of rotatable bonds is 7. The second-order valence-corrected chi connectivity index (χ2v) is 3.47. The molecular formula is C8H19NOS.